The molecule has 6 nitrogen and oxygen atoms in total. The lowest BCUT2D eigenvalue weighted by Crippen LogP contribution is -2.30. The standard InChI is InChI=1S/C18H17NO5/c20-17(19-13-7-5-12(6-8-13)18(21)22)10-9-14-11-23-15-3-1-2-4-16(15)24-14/h1-8,14H,9-11H2,(H,19,20)(H,21,22)/t14-/m1/s1. The highest BCUT2D eigenvalue weighted by molar-refractivity contribution is 5.92. The Kier molecular flexibility index (Phi) is 4.65. The summed E-state index contributed by atoms with van der Waals surface area (Å²) in [5.41, 5.74) is 0.746. The molecule has 6 heteroatoms. The van der Waals surface area contributed by atoms with Crippen LogP contribution in [0.25, 0.3) is 0 Å². The summed E-state index contributed by atoms with van der Waals surface area (Å²) < 4.78 is 11.4. The van der Waals surface area contributed by atoms with Crippen molar-refractivity contribution in [1.82, 2.24) is 0 Å². The Morgan fingerprint density at radius 2 is 1.79 bits per heavy atom. The van der Waals surface area contributed by atoms with Crippen LogP contribution in [0.15, 0.2) is 48.5 Å². The van der Waals surface area contributed by atoms with Gasteiger partial charge in [-0.05, 0) is 42.8 Å². The summed E-state index contributed by atoms with van der Waals surface area (Å²) in [5.74, 6) is 0.262. The number of carboxylic acid groups (broad SMARTS) is 1. The molecule has 0 aliphatic carbocycles. The number of hydrogen-bond acceptors (Lipinski definition) is 4. The maximum Gasteiger partial charge on any atom is 0.335 e. The molecule has 0 unspecified atom stereocenters. The Hall–Kier alpha value is -3.02. The minimum Gasteiger partial charge on any atom is -0.486 e. The quantitative estimate of drug-likeness (QED) is 0.882. The first-order valence-electron chi connectivity index (χ1n) is 7.63. The molecule has 1 aliphatic heterocycles. The number of carboxylic acids is 1. The van der Waals surface area contributed by atoms with Crippen LogP contribution < -0.4 is 14.8 Å². The van der Waals surface area contributed by atoms with Gasteiger partial charge in [-0.15, -0.1) is 0 Å². The van der Waals surface area contributed by atoms with Gasteiger partial charge in [0.25, 0.3) is 0 Å². The fourth-order valence-corrected chi connectivity index (χ4v) is 2.42. The lowest BCUT2D eigenvalue weighted by molar-refractivity contribution is -0.116. The molecule has 1 amide bonds. The normalized spacial score (nSPS) is 15.6. The average molecular weight is 327 g/mol. The van der Waals surface area contributed by atoms with Crippen molar-refractivity contribution in [3.05, 3.63) is 54.1 Å². The first-order valence-corrected chi connectivity index (χ1v) is 7.63. The lowest BCUT2D eigenvalue weighted by atomic mass is 10.1. The van der Waals surface area contributed by atoms with E-state index < -0.39 is 5.97 Å². The van der Waals surface area contributed by atoms with Gasteiger partial charge >= 0.3 is 5.97 Å². The van der Waals surface area contributed by atoms with Gasteiger partial charge in [-0.25, -0.2) is 4.79 Å². The average Bonchev–Trinajstić information content (AvgIpc) is 2.60. The molecule has 0 fully saturated rings. The van der Waals surface area contributed by atoms with Crippen molar-refractivity contribution in [3.8, 4) is 11.5 Å². The lowest BCUT2D eigenvalue weighted by Gasteiger charge is -2.26. The number of ether oxygens (including phenoxy) is 2. The van der Waals surface area contributed by atoms with Crippen molar-refractivity contribution in [3.63, 3.8) is 0 Å². The van der Waals surface area contributed by atoms with E-state index in [4.69, 9.17) is 14.6 Å². The second kappa shape index (κ2) is 7.04. The zero-order valence-corrected chi connectivity index (χ0v) is 12.9. The molecule has 2 aromatic rings. The molecule has 1 heterocycles. The third-order valence-corrected chi connectivity index (χ3v) is 3.68. The fourth-order valence-electron chi connectivity index (χ4n) is 2.42. The highest BCUT2D eigenvalue weighted by Crippen LogP contribution is 2.31. The van der Waals surface area contributed by atoms with Crippen molar-refractivity contribution < 1.29 is 24.2 Å². The molecule has 3 rings (SSSR count). The Bertz CT molecular complexity index is 741. The number of amides is 1. The molecular weight excluding hydrogens is 310 g/mol. The summed E-state index contributed by atoms with van der Waals surface area (Å²) in [6.07, 6.45) is 0.657. The predicted molar refractivity (Wildman–Crippen MR) is 87.6 cm³/mol. The maximum atomic E-state index is 12.0. The summed E-state index contributed by atoms with van der Waals surface area (Å²) >= 11 is 0. The Morgan fingerprint density at radius 3 is 2.50 bits per heavy atom. The number of para-hydroxylation sites is 2. The summed E-state index contributed by atoms with van der Waals surface area (Å²) in [5, 5.41) is 11.6. The number of rotatable bonds is 5. The molecule has 124 valence electrons. The zero-order chi connectivity index (χ0) is 16.9. The molecule has 1 aliphatic rings. The zero-order valence-electron chi connectivity index (χ0n) is 12.9. The van der Waals surface area contributed by atoms with Gasteiger partial charge in [0.05, 0.1) is 5.56 Å². The third kappa shape index (κ3) is 3.84. The third-order valence-electron chi connectivity index (χ3n) is 3.68. The van der Waals surface area contributed by atoms with Gasteiger partial charge in [-0.3, -0.25) is 4.79 Å². The monoisotopic (exact) mass is 327 g/mol. The van der Waals surface area contributed by atoms with Crippen molar-refractivity contribution in [2.24, 2.45) is 0 Å². The van der Waals surface area contributed by atoms with E-state index in [1.165, 1.54) is 12.1 Å². The SMILES string of the molecule is O=C(CC[C@@H]1COc2ccccc2O1)Nc1ccc(C(=O)O)cc1. The van der Waals surface area contributed by atoms with Crippen LogP contribution in [0, 0.1) is 0 Å². The van der Waals surface area contributed by atoms with E-state index in [9.17, 15) is 9.59 Å². The van der Waals surface area contributed by atoms with Crippen LogP contribution in [0.4, 0.5) is 5.69 Å². The van der Waals surface area contributed by atoms with E-state index in [0.29, 0.717) is 24.5 Å². The highest BCUT2D eigenvalue weighted by atomic mass is 16.6. The molecule has 1 atom stereocenters. The Morgan fingerprint density at radius 1 is 1.08 bits per heavy atom. The van der Waals surface area contributed by atoms with Crippen LogP contribution in [-0.4, -0.2) is 29.7 Å². The Balaban J connectivity index is 1.48. The molecule has 0 bridgehead atoms. The van der Waals surface area contributed by atoms with E-state index >= 15 is 0 Å². The Labute approximate surface area is 139 Å². The summed E-state index contributed by atoms with van der Waals surface area (Å²) in [7, 11) is 0. The minimum absolute atomic E-state index is 0.152. The molecule has 24 heavy (non-hydrogen) atoms. The van der Waals surface area contributed by atoms with E-state index in [1.54, 1.807) is 12.1 Å². The van der Waals surface area contributed by atoms with Crippen molar-refractivity contribution in [1.29, 1.82) is 0 Å². The van der Waals surface area contributed by atoms with E-state index in [1.807, 2.05) is 24.3 Å². The maximum absolute atomic E-state index is 12.0. The van der Waals surface area contributed by atoms with Gasteiger partial charge in [0.1, 0.15) is 12.7 Å². The molecule has 2 N–H and O–H groups in total. The van der Waals surface area contributed by atoms with Crippen LogP contribution in [0.2, 0.25) is 0 Å². The van der Waals surface area contributed by atoms with E-state index in [0.717, 1.165) is 5.75 Å². The van der Waals surface area contributed by atoms with Gasteiger partial charge in [0.15, 0.2) is 11.5 Å². The van der Waals surface area contributed by atoms with E-state index in [-0.39, 0.29) is 24.0 Å². The van der Waals surface area contributed by atoms with Gasteiger partial charge in [-0.2, -0.15) is 0 Å². The number of anilines is 1. The van der Waals surface area contributed by atoms with Crippen LogP contribution >= 0.6 is 0 Å². The number of hydrogen-bond donors (Lipinski definition) is 2. The minimum atomic E-state index is -0.998. The topological polar surface area (TPSA) is 84.9 Å². The summed E-state index contributed by atoms with van der Waals surface area (Å²) in [6, 6.07) is 13.5. The van der Waals surface area contributed by atoms with Gasteiger partial charge in [0, 0.05) is 12.1 Å². The van der Waals surface area contributed by atoms with E-state index in [2.05, 4.69) is 5.32 Å². The van der Waals surface area contributed by atoms with Crippen LogP contribution in [-0.2, 0) is 4.79 Å². The molecule has 0 spiro atoms. The number of benzene rings is 2. The molecule has 0 aromatic heterocycles. The van der Waals surface area contributed by atoms with Crippen LogP contribution in [0.5, 0.6) is 11.5 Å². The molecule has 0 radical (unpaired) electrons. The molecular formula is C18H17NO5. The summed E-state index contributed by atoms with van der Waals surface area (Å²) in [6.45, 7) is 0.414. The van der Waals surface area contributed by atoms with Gasteiger partial charge in [-0.1, -0.05) is 12.1 Å². The van der Waals surface area contributed by atoms with Crippen molar-refractivity contribution in [2.75, 3.05) is 11.9 Å². The van der Waals surface area contributed by atoms with Crippen LogP contribution in [0.1, 0.15) is 23.2 Å². The first-order chi connectivity index (χ1) is 11.6. The second-order valence-electron chi connectivity index (χ2n) is 5.47. The van der Waals surface area contributed by atoms with Crippen LogP contribution in [0.3, 0.4) is 0 Å². The number of carbonyl (C=O) groups excluding carboxylic acids is 1. The molecule has 2 aromatic carbocycles. The number of fused-ring (bicyclic) bond motifs is 1. The van der Waals surface area contributed by atoms with Crippen molar-refractivity contribution in [2.45, 2.75) is 18.9 Å². The highest BCUT2D eigenvalue weighted by Gasteiger charge is 2.21. The first kappa shape index (κ1) is 15.9. The number of nitrogens with one attached hydrogen (secondary N) is 1. The number of aromatic carboxylic acids is 1. The second-order valence-corrected chi connectivity index (χ2v) is 5.47. The predicted octanol–water partition coefficient (Wildman–Crippen LogP) is 2.94. The molecule has 0 saturated carbocycles. The smallest absolute Gasteiger partial charge is 0.335 e. The summed E-state index contributed by atoms with van der Waals surface area (Å²) in [4.78, 5) is 22.8. The van der Waals surface area contributed by atoms with Crippen molar-refractivity contribution >= 4 is 17.6 Å². The fraction of sp³-hybridized carbons (Fsp3) is 0.222. The van der Waals surface area contributed by atoms with Gasteiger partial charge < -0.3 is 19.9 Å². The van der Waals surface area contributed by atoms with Gasteiger partial charge in [0.2, 0.25) is 5.91 Å². The molecule has 0 saturated heterocycles. The number of carbonyl (C=O) groups is 2. The largest absolute Gasteiger partial charge is 0.486 e.